The summed E-state index contributed by atoms with van der Waals surface area (Å²) in [5, 5.41) is 11.2. The average Bonchev–Trinajstić information content (AvgIpc) is 3.06. The van der Waals surface area contributed by atoms with Crippen LogP contribution < -0.4 is 5.32 Å². The smallest absolute Gasteiger partial charge is 0.273 e. The van der Waals surface area contributed by atoms with Crippen LogP contribution in [0.15, 0.2) is 54.7 Å². The zero-order valence-corrected chi connectivity index (χ0v) is 13.5. The molecule has 0 radical (unpaired) electrons. The summed E-state index contributed by atoms with van der Waals surface area (Å²) >= 11 is 5.85. The van der Waals surface area contributed by atoms with E-state index in [0.29, 0.717) is 5.02 Å². The Bertz CT molecular complexity index is 846. The monoisotopic (exact) mass is 344 g/mol. The number of carbonyl (C=O) groups excluding carboxylic acids is 1. The molecule has 5 nitrogen and oxygen atoms in total. The normalized spacial score (nSPS) is 12.0. The second-order valence-electron chi connectivity index (χ2n) is 5.27. The summed E-state index contributed by atoms with van der Waals surface area (Å²) in [6.07, 6.45) is 1.54. The highest BCUT2D eigenvalue weighted by molar-refractivity contribution is 6.30. The van der Waals surface area contributed by atoms with Crippen LogP contribution in [-0.2, 0) is 0 Å². The second kappa shape index (κ2) is 6.80. The molecule has 1 atom stereocenters. The maximum Gasteiger partial charge on any atom is 0.273 e. The van der Waals surface area contributed by atoms with Crippen molar-refractivity contribution in [3.05, 3.63) is 76.8 Å². The van der Waals surface area contributed by atoms with Crippen molar-refractivity contribution >= 4 is 17.5 Å². The minimum absolute atomic E-state index is 0.193. The lowest BCUT2D eigenvalue weighted by molar-refractivity contribution is 0.0935. The van der Waals surface area contributed by atoms with Gasteiger partial charge in [-0.1, -0.05) is 28.9 Å². The lowest BCUT2D eigenvalue weighted by Crippen LogP contribution is -2.27. The average molecular weight is 345 g/mol. The topological polar surface area (TPSA) is 59.8 Å². The van der Waals surface area contributed by atoms with Crippen molar-refractivity contribution in [1.82, 2.24) is 20.3 Å². The summed E-state index contributed by atoms with van der Waals surface area (Å²) in [4.78, 5) is 12.3. The van der Waals surface area contributed by atoms with Gasteiger partial charge in [-0.15, -0.1) is 5.10 Å². The molecular formula is C17H14ClFN4O. The van der Waals surface area contributed by atoms with Crippen LogP contribution in [0, 0.1) is 5.82 Å². The van der Waals surface area contributed by atoms with Crippen LogP contribution in [0.1, 0.15) is 29.0 Å². The second-order valence-corrected chi connectivity index (χ2v) is 5.71. The Balaban J connectivity index is 1.71. The number of nitrogens with one attached hydrogen (secondary N) is 1. The van der Waals surface area contributed by atoms with E-state index >= 15 is 0 Å². The molecule has 0 fully saturated rings. The predicted molar refractivity (Wildman–Crippen MR) is 88.7 cm³/mol. The van der Waals surface area contributed by atoms with Gasteiger partial charge in [0.1, 0.15) is 5.82 Å². The molecule has 24 heavy (non-hydrogen) atoms. The van der Waals surface area contributed by atoms with Crippen LogP contribution in [0.5, 0.6) is 0 Å². The molecule has 0 aliphatic heterocycles. The van der Waals surface area contributed by atoms with Crippen molar-refractivity contribution in [1.29, 1.82) is 0 Å². The van der Waals surface area contributed by atoms with Gasteiger partial charge < -0.3 is 5.32 Å². The van der Waals surface area contributed by atoms with E-state index in [4.69, 9.17) is 11.6 Å². The molecule has 3 aromatic rings. The molecule has 0 spiro atoms. The number of amides is 1. The molecular weight excluding hydrogens is 331 g/mol. The fourth-order valence-electron chi connectivity index (χ4n) is 2.19. The van der Waals surface area contributed by atoms with E-state index in [1.807, 2.05) is 6.92 Å². The number of aromatic nitrogens is 3. The summed E-state index contributed by atoms with van der Waals surface area (Å²) in [5.41, 5.74) is 1.74. The van der Waals surface area contributed by atoms with Gasteiger partial charge >= 0.3 is 0 Å². The third kappa shape index (κ3) is 3.60. The first-order valence-electron chi connectivity index (χ1n) is 7.27. The minimum Gasteiger partial charge on any atom is -0.344 e. The van der Waals surface area contributed by atoms with E-state index in [1.165, 1.54) is 23.0 Å². The van der Waals surface area contributed by atoms with Gasteiger partial charge in [0.25, 0.3) is 5.91 Å². The van der Waals surface area contributed by atoms with Crippen molar-refractivity contribution < 1.29 is 9.18 Å². The van der Waals surface area contributed by atoms with E-state index < -0.39 is 0 Å². The molecule has 1 heterocycles. The quantitative estimate of drug-likeness (QED) is 0.787. The standard InChI is InChI=1S/C17H14ClFN4O/c1-11(12-2-6-14(19)7-3-12)20-17(24)16-10-23(22-21-16)15-8-4-13(18)5-9-15/h2-11H,1H3,(H,20,24)/t11-/m0/s1. The fourth-order valence-corrected chi connectivity index (χ4v) is 2.32. The molecule has 0 aliphatic carbocycles. The Morgan fingerprint density at radius 1 is 1.17 bits per heavy atom. The number of rotatable bonds is 4. The summed E-state index contributed by atoms with van der Waals surface area (Å²) < 4.78 is 14.4. The van der Waals surface area contributed by atoms with Crippen molar-refractivity contribution in [2.24, 2.45) is 0 Å². The van der Waals surface area contributed by atoms with Crippen LogP contribution in [0.25, 0.3) is 5.69 Å². The van der Waals surface area contributed by atoms with Crippen LogP contribution in [0.2, 0.25) is 5.02 Å². The highest BCUT2D eigenvalue weighted by Crippen LogP contribution is 2.15. The number of halogens is 2. The SMILES string of the molecule is C[C@H](NC(=O)c1cn(-c2ccc(Cl)cc2)nn1)c1ccc(F)cc1. The van der Waals surface area contributed by atoms with Gasteiger partial charge in [-0.2, -0.15) is 0 Å². The molecule has 3 rings (SSSR count). The number of nitrogens with zero attached hydrogens (tertiary/aromatic N) is 3. The zero-order chi connectivity index (χ0) is 17.1. The lowest BCUT2D eigenvalue weighted by Gasteiger charge is -2.13. The van der Waals surface area contributed by atoms with Crippen molar-refractivity contribution in [3.63, 3.8) is 0 Å². The zero-order valence-electron chi connectivity index (χ0n) is 12.8. The molecule has 1 N–H and O–H groups in total. The van der Waals surface area contributed by atoms with Gasteiger partial charge in [-0.05, 0) is 48.9 Å². The largest absolute Gasteiger partial charge is 0.344 e. The Morgan fingerprint density at radius 2 is 1.83 bits per heavy atom. The Labute approximate surface area is 143 Å². The lowest BCUT2D eigenvalue weighted by atomic mass is 10.1. The number of benzene rings is 2. The van der Waals surface area contributed by atoms with E-state index in [1.54, 1.807) is 36.4 Å². The minimum atomic E-state index is -0.355. The first-order valence-corrected chi connectivity index (χ1v) is 7.65. The molecule has 0 bridgehead atoms. The molecule has 1 amide bonds. The number of carbonyl (C=O) groups is 1. The summed E-state index contributed by atoms with van der Waals surface area (Å²) in [5.74, 6) is -0.671. The predicted octanol–water partition coefficient (Wildman–Crippen LogP) is 3.55. The first kappa shape index (κ1) is 16.1. The van der Waals surface area contributed by atoms with Gasteiger partial charge in [0.05, 0.1) is 17.9 Å². The Kier molecular flexibility index (Phi) is 4.57. The van der Waals surface area contributed by atoms with E-state index in [0.717, 1.165) is 11.3 Å². The highest BCUT2D eigenvalue weighted by atomic mass is 35.5. The van der Waals surface area contributed by atoms with Crippen molar-refractivity contribution in [2.45, 2.75) is 13.0 Å². The Morgan fingerprint density at radius 3 is 2.50 bits per heavy atom. The number of hydrogen-bond acceptors (Lipinski definition) is 3. The third-order valence-corrected chi connectivity index (χ3v) is 3.79. The molecule has 7 heteroatoms. The van der Waals surface area contributed by atoms with Crippen LogP contribution >= 0.6 is 11.6 Å². The van der Waals surface area contributed by atoms with Gasteiger partial charge in [0.15, 0.2) is 5.69 Å². The Hall–Kier alpha value is -2.73. The molecule has 0 saturated carbocycles. The molecule has 2 aromatic carbocycles. The highest BCUT2D eigenvalue weighted by Gasteiger charge is 2.15. The van der Waals surface area contributed by atoms with Crippen LogP contribution in [-0.4, -0.2) is 20.9 Å². The summed E-state index contributed by atoms with van der Waals surface area (Å²) in [7, 11) is 0. The molecule has 0 aliphatic rings. The van der Waals surface area contributed by atoms with E-state index in [2.05, 4.69) is 15.6 Å². The fraction of sp³-hybridized carbons (Fsp3) is 0.118. The maximum absolute atomic E-state index is 12.9. The van der Waals surface area contributed by atoms with Gasteiger partial charge in [0.2, 0.25) is 0 Å². The first-order chi connectivity index (χ1) is 11.5. The third-order valence-electron chi connectivity index (χ3n) is 3.53. The van der Waals surface area contributed by atoms with Gasteiger partial charge in [0, 0.05) is 5.02 Å². The summed E-state index contributed by atoms with van der Waals surface area (Å²) in [6.45, 7) is 1.81. The number of hydrogen-bond donors (Lipinski definition) is 1. The molecule has 1 aromatic heterocycles. The van der Waals surface area contributed by atoms with Gasteiger partial charge in [-0.3, -0.25) is 4.79 Å². The van der Waals surface area contributed by atoms with Crippen molar-refractivity contribution in [3.8, 4) is 5.69 Å². The molecule has 122 valence electrons. The maximum atomic E-state index is 12.9. The summed E-state index contributed by atoms with van der Waals surface area (Å²) in [6, 6.07) is 12.7. The van der Waals surface area contributed by atoms with Gasteiger partial charge in [-0.25, -0.2) is 9.07 Å². The van der Waals surface area contributed by atoms with Crippen LogP contribution in [0.3, 0.4) is 0 Å². The van der Waals surface area contributed by atoms with E-state index in [9.17, 15) is 9.18 Å². The molecule has 0 saturated heterocycles. The van der Waals surface area contributed by atoms with Crippen LogP contribution in [0.4, 0.5) is 4.39 Å². The molecule has 0 unspecified atom stereocenters. The van der Waals surface area contributed by atoms with Crippen molar-refractivity contribution in [2.75, 3.05) is 0 Å². The van der Waals surface area contributed by atoms with E-state index in [-0.39, 0.29) is 23.5 Å².